The van der Waals surface area contributed by atoms with Gasteiger partial charge in [-0.25, -0.2) is 0 Å². The van der Waals surface area contributed by atoms with Crippen LogP contribution in [0.25, 0.3) is 0 Å². The van der Waals surface area contributed by atoms with E-state index in [1.54, 1.807) is 0 Å². The average molecular weight is 185 g/mol. The molecule has 0 heterocycles. The molecular formula is C12H27N. The lowest BCUT2D eigenvalue weighted by Gasteiger charge is -2.28. The first-order chi connectivity index (χ1) is 6.02. The van der Waals surface area contributed by atoms with Crippen LogP contribution in [-0.2, 0) is 0 Å². The Morgan fingerprint density at radius 3 is 2.23 bits per heavy atom. The first kappa shape index (κ1) is 13.0. The Hall–Kier alpha value is -0.0400. The van der Waals surface area contributed by atoms with Gasteiger partial charge in [0, 0.05) is 6.04 Å². The molecule has 0 fully saturated rings. The molecule has 0 saturated heterocycles. The summed E-state index contributed by atoms with van der Waals surface area (Å²) in [7, 11) is 0. The van der Waals surface area contributed by atoms with Crippen LogP contribution in [0.2, 0.25) is 0 Å². The van der Waals surface area contributed by atoms with Gasteiger partial charge in [0.25, 0.3) is 0 Å². The van der Waals surface area contributed by atoms with Gasteiger partial charge in [0.1, 0.15) is 0 Å². The summed E-state index contributed by atoms with van der Waals surface area (Å²) in [4.78, 5) is 0. The van der Waals surface area contributed by atoms with Gasteiger partial charge >= 0.3 is 0 Å². The standard InChI is InChI=1S/C12H27N/c1-6-8-12(4,5)10-11(3)13-9-7-2/h11,13H,6-10H2,1-5H3. The lowest BCUT2D eigenvalue weighted by Crippen LogP contribution is -2.31. The summed E-state index contributed by atoms with van der Waals surface area (Å²) >= 11 is 0. The summed E-state index contributed by atoms with van der Waals surface area (Å²) in [6, 6.07) is 0.668. The van der Waals surface area contributed by atoms with E-state index in [2.05, 4.69) is 39.9 Å². The van der Waals surface area contributed by atoms with E-state index in [0.717, 1.165) is 6.54 Å². The van der Waals surface area contributed by atoms with Crippen LogP contribution in [0.1, 0.15) is 60.3 Å². The van der Waals surface area contributed by atoms with Crippen molar-refractivity contribution >= 4 is 0 Å². The molecule has 1 heteroatoms. The molecule has 0 saturated carbocycles. The molecular weight excluding hydrogens is 158 g/mol. The third-order valence-electron chi connectivity index (χ3n) is 2.53. The number of nitrogens with one attached hydrogen (secondary N) is 1. The predicted octanol–water partition coefficient (Wildman–Crippen LogP) is 3.59. The zero-order valence-electron chi connectivity index (χ0n) is 10.1. The SMILES string of the molecule is CCCNC(C)CC(C)(C)CCC. The van der Waals surface area contributed by atoms with Crippen LogP contribution in [0.5, 0.6) is 0 Å². The predicted molar refractivity (Wildman–Crippen MR) is 61.1 cm³/mol. The quantitative estimate of drug-likeness (QED) is 0.639. The van der Waals surface area contributed by atoms with Crippen molar-refractivity contribution in [2.45, 2.75) is 66.3 Å². The van der Waals surface area contributed by atoms with E-state index in [1.165, 1.54) is 25.7 Å². The first-order valence-electron chi connectivity index (χ1n) is 5.75. The molecule has 0 bridgehead atoms. The average Bonchev–Trinajstić information content (AvgIpc) is 1.99. The second kappa shape index (κ2) is 6.42. The molecule has 0 radical (unpaired) electrons. The van der Waals surface area contributed by atoms with E-state index in [0.29, 0.717) is 11.5 Å². The molecule has 1 nitrogen and oxygen atoms in total. The van der Waals surface area contributed by atoms with E-state index in [4.69, 9.17) is 0 Å². The van der Waals surface area contributed by atoms with E-state index < -0.39 is 0 Å². The van der Waals surface area contributed by atoms with Crippen LogP contribution >= 0.6 is 0 Å². The van der Waals surface area contributed by atoms with E-state index >= 15 is 0 Å². The Balaban J connectivity index is 3.68. The Labute approximate surface area is 84.3 Å². The molecule has 1 unspecified atom stereocenters. The van der Waals surface area contributed by atoms with E-state index in [1.807, 2.05) is 0 Å². The molecule has 0 amide bonds. The van der Waals surface area contributed by atoms with Gasteiger partial charge in [-0.05, 0) is 38.1 Å². The second-order valence-corrected chi connectivity index (χ2v) is 4.97. The minimum Gasteiger partial charge on any atom is -0.314 e. The van der Waals surface area contributed by atoms with E-state index in [-0.39, 0.29) is 0 Å². The molecule has 13 heavy (non-hydrogen) atoms. The maximum Gasteiger partial charge on any atom is 0.00438 e. The van der Waals surface area contributed by atoms with Gasteiger partial charge in [0.05, 0.1) is 0 Å². The fourth-order valence-corrected chi connectivity index (χ4v) is 2.07. The highest BCUT2D eigenvalue weighted by Gasteiger charge is 2.19. The summed E-state index contributed by atoms with van der Waals surface area (Å²) in [6.45, 7) is 12.7. The van der Waals surface area contributed by atoms with Gasteiger partial charge in [-0.2, -0.15) is 0 Å². The fraction of sp³-hybridized carbons (Fsp3) is 1.00. The number of hydrogen-bond acceptors (Lipinski definition) is 1. The third kappa shape index (κ3) is 7.06. The number of hydrogen-bond donors (Lipinski definition) is 1. The Morgan fingerprint density at radius 2 is 1.77 bits per heavy atom. The molecule has 0 aliphatic rings. The summed E-state index contributed by atoms with van der Waals surface area (Å²) in [5, 5.41) is 3.55. The Morgan fingerprint density at radius 1 is 1.15 bits per heavy atom. The van der Waals surface area contributed by atoms with Crippen LogP contribution in [0.15, 0.2) is 0 Å². The summed E-state index contributed by atoms with van der Waals surface area (Å²) < 4.78 is 0. The monoisotopic (exact) mass is 185 g/mol. The van der Waals surface area contributed by atoms with Gasteiger partial charge in [-0.1, -0.05) is 34.1 Å². The minimum absolute atomic E-state index is 0.509. The second-order valence-electron chi connectivity index (χ2n) is 4.97. The van der Waals surface area contributed by atoms with Crippen LogP contribution < -0.4 is 5.32 Å². The summed E-state index contributed by atoms with van der Waals surface area (Å²) in [6.07, 6.45) is 5.16. The highest BCUT2D eigenvalue weighted by atomic mass is 14.9. The van der Waals surface area contributed by atoms with Crippen LogP contribution in [0, 0.1) is 5.41 Å². The van der Waals surface area contributed by atoms with Crippen molar-refractivity contribution in [1.29, 1.82) is 0 Å². The fourth-order valence-electron chi connectivity index (χ4n) is 2.07. The van der Waals surface area contributed by atoms with Gasteiger partial charge < -0.3 is 5.32 Å². The van der Waals surface area contributed by atoms with Crippen LogP contribution in [0.3, 0.4) is 0 Å². The minimum atomic E-state index is 0.509. The zero-order valence-corrected chi connectivity index (χ0v) is 10.1. The van der Waals surface area contributed by atoms with Gasteiger partial charge in [-0.15, -0.1) is 0 Å². The molecule has 0 rings (SSSR count). The van der Waals surface area contributed by atoms with Crippen molar-refractivity contribution < 1.29 is 0 Å². The zero-order chi connectivity index (χ0) is 10.3. The lowest BCUT2D eigenvalue weighted by atomic mass is 9.82. The molecule has 0 aromatic rings. The molecule has 0 aromatic heterocycles. The summed E-state index contributed by atoms with van der Waals surface area (Å²) in [5.41, 5.74) is 0.509. The number of rotatable bonds is 7. The lowest BCUT2D eigenvalue weighted by molar-refractivity contribution is 0.266. The molecule has 1 atom stereocenters. The van der Waals surface area contributed by atoms with E-state index in [9.17, 15) is 0 Å². The van der Waals surface area contributed by atoms with Gasteiger partial charge in [-0.3, -0.25) is 0 Å². The Kier molecular flexibility index (Phi) is 6.40. The van der Waals surface area contributed by atoms with Gasteiger partial charge in [0.15, 0.2) is 0 Å². The highest BCUT2D eigenvalue weighted by molar-refractivity contribution is 4.74. The van der Waals surface area contributed by atoms with Gasteiger partial charge in [0.2, 0.25) is 0 Å². The molecule has 0 aliphatic heterocycles. The molecule has 0 spiro atoms. The highest BCUT2D eigenvalue weighted by Crippen LogP contribution is 2.27. The third-order valence-corrected chi connectivity index (χ3v) is 2.53. The van der Waals surface area contributed by atoms with Crippen molar-refractivity contribution in [3.8, 4) is 0 Å². The van der Waals surface area contributed by atoms with Crippen LogP contribution in [0.4, 0.5) is 0 Å². The van der Waals surface area contributed by atoms with Crippen LogP contribution in [-0.4, -0.2) is 12.6 Å². The van der Waals surface area contributed by atoms with Crippen molar-refractivity contribution in [1.82, 2.24) is 5.32 Å². The maximum atomic E-state index is 3.55. The maximum absolute atomic E-state index is 3.55. The smallest absolute Gasteiger partial charge is 0.00438 e. The van der Waals surface area contributed by atoms with Crippen molar-refractivity contribution in [2.24, 2.45) is 5.41 Å². The summed E-state index contributed by atoms with van der Waals surface area (Å²) in [5.74, 6) is 0. The largest absolute Gasteiger partial charge is 0.314 e. The van der Waals surface area contributed by atoms with Crippen molar-refractivity contribution in [2.75, 3.05) is 6.54 Å². The first-order valence-corrected chi connectivity index (χ1v) is 5.75. The Bertz CT molecular complexity index is 118. The van der Waals surface area contributed by atoms with Crippen molar-refractivity contribution in [3.05, 3.63) is 0 Å². The molecule has 0 aliphatic carbocycles. The molecule has 1 N–H and O–H groups in total. The normalized spacial score (nSPS) is 14.5. The molecule has 0 aromatic carbocycles. The molecule has 80 valence electrons. The topological polar surface area (TPSA) is 12.0 Å². The van der Waals surface area contributed by atoms with Crippen molar-refractivity contribution in [3.63, 3.8) is 0 Å².